The van der Waals surface area contributed by atoms with Gasteiger partial charge in [-0.3, -0.25) is 0 Å². The fourth-order valence-electron chi connectivity index (χ4n) is 9.23. The van der Waals surface area contributed by atoms with Gasteiger partial charge in [0.2, 0.25) is 0 Å². The third kappa shape index (κ3) is 5.85. The fraction of sp³-hybridized carbons (Fsp3) is 0.0909. The Kier molecular flexibility index (Phi) is 8.20. The van der Waals surface area contributed by atoms with Gasteiger partial charge in [-0.05, 0) is 86.3 Å². The van der Waals surface area contributed by atoms with Crippen LogP contribution in [0.5, 0.6) is 0 Å². The van der Waals surface area contributed by atoms with E-state index in [9.17, 15) is 0 Å². The van der Waals surface area contributed by atoms with E-state index in [4.69, 9.17) is 9.97 Å². The smallest absolute Gasteiger partial charge is 0.160 e. The molecule has 0 spiro atoms. The second-order valence-corrected chi connectivity index (χ2v) is 17.2. The minimum atomic E-state index is -0.0915. The molecule has 2 aliphatic rings. The highest BCUT2D eigenvalue weighted by Gasteiger charge is 2.35. The number of thiophene rings is 1. The molecule has 0 radical (unpaired) electrons. The number of fused-ring (bicyclic) bond motifs is 6. The summed E-state index contributed by atoms with van der Waals surface area (Å²) in [5.74, 6) is 1.07. The van der Waals surface area contributed by atoms with Gasteiger partial charge in [-0.1, -0.05) is 178 Å². The van der Waals surface area contributed by atoms with Crippen molar-refractivity contribution in [3.8, 4) is 67.3 Å². The maximum absolute atomic E-state index is 5.19. The van der Waals surface area contributed by atoms with Crippen molar-refractivity contribution in [3.05, 3.63) is 209 Å². The first-order valence-corrected chi connectivity index (χ1v) is 21.0. The Morgan fingerprint density at radius 1 is 0.500 bits per heavy atom. The lowest BCUT2D eigenvalue weighted by Gasteiger charge is -2.22. The Labute approximate surface area is 343 Å². The second kappa shape index (κ2) is 13.8. The van der Waals surface area contributed by atoms with E-state index in [0.717, 1.165) is 40.3 Å². The zero-order valence-electron chi connectivity index (χ0n) is 32.5. The molecule has 58 heavy (non-hydrogen) atoms. The van der Waals surface area contributed by atoms with Crippen molar-refractivity contribution in [3.63, 3.8) is 0 Å². The van der Waals surface area contributed by atoms with Crippen LogP contribution < -0.4 is 0 Å². The third-order valence-electron chi connectivity index (χ3n) is 12.3. The monoisotopic (exact) mass is 760 g/mol. The number of hydrogen-bond donors (Lipinski definition) is 0. The topological polar surface area (TPSA) is 25.8 Å². The quantitative estimate of drug-likeness (QED) is 0.169. The van der Waals surface area contributed by atoms with Crippen LogP contribution in [0.4, 0.5) is 0 Å². The molecule has 0 bridgehead atoms. The first kappa shape index (κ1) is 34.6. The van der Waals surface area contributed by atoms with E-state index in [1.165, 1.54) is 70.6 Å². The Bertz CT molecular complexity index is 3030. The second-order valence-electron chi connectivity index (χ2n) is 16.1. The minimum Gasteiger partial charge on any atom is -0.228 e. The maximum Gasteiger partial charge on any atom is 0.160 e. The van der Waals surface area contributed by atoms with E-state index in [-0.39, 0.29) is 5.41 Å². The lowest BCUT2D eigenvalue weighted by atomic mass is 9.82. The summed E-state index contributed by atoms with van der Waals surface area (Å²) in [4.78, 5) is 11.7. The molecule has 2 aliphatic carbocycles. The maximum atomic E-state index is 5.19. The summed E-state index contributed by atoms with van der Waals surface area (Å²) in [6.07, 6.45) is 5.74. The third-order valence-corrected chi connectivity index (χ3v) is 13.5. The van der Waals surface area contributed by atoms with Crippen LogP contribution in [-0.2, 0) is 11.8 Å². The number of rotatable bonds is 6. The lowest BCUT2D eigenvalue weighted by molar-refractivity contribution is 0.660. The predicted octanol–water partition coefficient (Wildman–Crippen LogP) is 14.7. The zero-order valence-corrected chi connectivity index (χ0v) is 33.3. The highest BCUT2D eigenvalue weighted by Crippen LogP contribution is 2.50. The van der Waals surface area contributed by atoms with E-state index < -0.39 is 0 Å². The fourth-order valence-corrected chi connectivity index (χ4v) is 10.4. The standard InChI is InChI=1S/C55H40N2S/c1-55(2)47-18-10-9-16-44(47)45-30-28-42(33-48(45)55)50-34-49(56-54(57-50)40-14-7-4-8-15-40)39-26-24-38(25-27-39)43-17-11-19-52-53(43)46-32-41(29-31-51(46)58-52)37-22-20-36(21-23-37)35-12-5-3-6-13-35/h3-31,33-34,41H,32H2,1-2H3. The molecule has 2 aromatic heterocycles. The highest BCUT2D eigenvalue weighted by molar-refractivity contribution is 7.20. The minimum absolute atomic E-state index is 0.0915. The van der Waals surface area contributed by atoms with Gasteiger partial charge in [0.05, 0.1) is 11.4 Å². The number of aromatic nitrogens is 2. The largest absolute Gasteiger partial charge is 0.228 e. The molecule has 0 fully saturated rings. The van der Waals surface area contributed by atoms with E-state index >= 15 is 0 Å². The molecule has 9 aromatic rings. The first-order chi connectivity index (χ1) is 28.5. The first-order valence-electron chi connectivity index (χ1n) is 20.2. The normalized spacial score (nSPS) is 14.9. The number of benzene rings is 7. The molecule has 1 unspecified atom stereocenters. The van der Waals surface area contributed by atoms with Crippen LogP contribution in [0.25, 0.3) is 83.4 Å². The molecule has 7 aromatic carbocycles. The van der Waals surface area contributed by atoms with Gasteiger partial charge >= 0.3 is 0 Å². The molecule has 0 N–H and O–H groups in total. The van der Waals surface area contributed by atoms with E-state index in [2.05, 4.69) is 196 Å². The van der Waals surface area contributed by atoms with Crippen molar-refractivity contribution in [2.75, 3.05) is 0 Å². The van der Waals surface area contributed by atoms with Crippen molar-refractivity contribution in [2.24, 2.45) is 0 Å². The SMILES string of the molecule is CC1(C)c2ccccc2-c2ccc(-c3cc(-c4ccc(-c5cccc6sc7c(c56)CC(c5ccc(-c6ccccc6)cc5)C=C7)cc4)nc(-c4ccccc4)n3)cc21. The van der Waals surface area contributed by atoms with Crippen LogP contribution in [-0.4, -0.2) is 9.97 Å². The molecular formula is C55H40N2S. The van der Waals surface area contributed by atoms with Gasteiger partial charge in [-0.25, -0.2) is 9.97 Å². The molecule has 276 valence electrons. The van der Waals surface area contributed by atoms with Gasteiger partial charge in [0.1, 0.15) is 0 Å². The Morgan fingerprint density at radius 2 is 1.10 bits per heavy atom. The van der Waals surface area contributed by atoms with Crippen LogP contribution in [0.15, 0.2) is 182 Å². The van der Waals surface area contributed by atoms with Crippen molar-refractivity contribution >= 4 is 27.5 Å². The summed E-state index contributed by atoms with van der Waals surface area (Å²) < 4.78 is 1.34. The molecule has 0 saturated carbocycles. The van der Waals surface area contributed by atoms with Gasteiger partial charge in [0, 0.05) is 43.0 Å². The summed E-state index contributed by atoms with van der Waals surface area (Å²) >= 11 is 1.90. The summed E-state index contributed by atoms with van der Waals surface area (Å²) in [5.41, 5.74) is 18.1. The molecule has 1 atom stereocenters. The summed E-state index contributed by atoms with van der Waals surface area (Å²) in [5, 5.41) is 1.38. The van der Waals surface area contributed by atoms with Gasteiger partial charge < -0.3 is 0 Å². The van der Waals surface area contributed by atoms with E-state index in [0.29, 0.717) is 5.92 Å². The Morgan fingerprint density at radius 3 is 1.88 bits per heavy atom. The van der Waals surface area contributed by atoms with Gasteiger partial charge in [0.15, 0.2) is 5.82 Å². The molecule has 0 saturated heterocycles. The number of allylic oxidation sites excluding steroid dienone is 1. The van der Waals surface area contributed by atoms with Gasteiger partial charge in [-0.2, -0.15) is 0 Å². The van der Waals surface area contributed by atoms with Gasteiger partial charge in [0.25, 0.3) is 0 Å². The molecule has 11 rings (SSSR count). The van der Waals surface area contributed by atoms with E-state index in [1.54, 1.807) is 0 Å². The van der Waals surface area contributed by atoms with Crippen LogP contribution in [0, 0.1) is 0 Å². The van der Waals surface area contributed by atoms with Crippen molar-refractivity contribution in [1.82, 2.24) is 9.97 Å². The summed E-state index contributed by atoms with van der Waals surface area (Å²) in [6, 6.07) is 63.7. The summed E-state index contributed by atoms with van der Waals surface area (Å²) in [6.45, 7) is 4.66. The lowest BCUT2D eigenvalue weighted by Crippen LogP contribution is -2.14. The molecule has 2 heterocycles. The van der Waals surface area contributed by atoms with Crippen LogP contribution in [0.1, 0.15) is 46.9 Å². The Balaban J connectivity index is 0.941. The molecular weight excluding hydrogens is 721 g/mol. The van der Waals surface area contributed by atoms with Gasteiger partial charge in [-0.15, -0.1) is 11.3 Å². The van der Waals surface area contributed by atoms with Crippen molar-refractivity contribution in [2.45, 2.75) is 31.6 Å². The highest BCUT2D eigenvalue weighted by atomic mass is 32.1. The molecule has 0 aliphatic heterocycles. The summed E-state index contributed by atoms with van der Waals surface area (Å²) in [7, 11) is 0. The van der Waals surface area contributed by atoms with E-state index in [1.807, 2.05) is 17.4 Å². The van der Waals surface area contributed by atoms with Crippen LogP contribution in [0.3, 0.4) is 0 Å². The molecule has 2 nitrogen and oxygen atoms in total. The predicted molar refractivity (Wildman–Crippen MR) is 244 cm³/mol. The molecule has 3 heteroatoms. The van der Waals surface area contributed by atoms with Crippen LogP contribution in [0.2, 0.25) is 0 Å². The molecule has 0 amide bonds. The van der Waals surface area contributed by atoms with Crippen molar-refractivity contribution < 1.29 is 0 Å². The number of nitrogens with zero attached hydrogens (tertiary/aromatic N) is 2. The van der Waals surface area contributed by atoms with Crippen molar-refractivity contribution in [1.29, 1.82) is 0 Å². The average Bonchev–Trinajstić information content (AvgIpc) is 3.78. The van der Waals surface area contributed by atoms with Crippen LogP contribution >= 0.6 is 11.3 Å². The zero-order chi connectivity index (χ0) is 38.8. The Hall–Kier alpha value is -6.68. The average molecular weight is 761 g/mol. The number of hydrogen-bond acceptors (Lipinski definition) is 3.